The molecule has 2 heterocycles. The third-order valence-corrected chi connectivity index (χ3v) is 8.97. The Morgan fingerprint density at radius 3 is 2.38 bits per heavy atom. The Kier molecular flexibility index (Phi) is 6.90. The number of ether oxygens (including phenoxy) is 1. The van der Waals surface area contributed by atoms with E-state index in [-0.39, 0.29) is 17.2 Å². The molecular formula is C26H33N3O4S. The topological polar surface area (TPSA) is 79.0 Å². The summed E-state index contributed by atoms with van der Waals surface area (Å²) in [6, 6.07) is 11.5. The number of fused-ring (bicyclic) bond motifs is 1. The van der Waals surface area contributed by atoms with Gasteiger partial charge < -0.3 is 15.0 Å². The van der Waals surface area contributed by atoms with Gasteiger partial charge in [-0.25, -0.2) is 8.42 Å². The van der Waals surface area contributed by atoms with Gasteiger partial charge >= 0.3 is 0 Å². The van der Waals surface area contributed by atoms with Gasteiger partial charge in [0.05, 0.1) is 35.9 Å². The highest BCUT2D eigenvalue weighted by Gasteiger charge is 2.28. The van der Waals surface area contributed by atoms with Crippen LogP contribution in [0.1, 0.15) is 42.4 Å². The average Bonchev–Trinajstić information content (AvgIpc) is 3.39. The van der Waals surface area contributed by atoms with Crippen LogP contribution in [0, 0.1) is 0 Å². The highest BCUT2D eigenvalue weighted by molar-refractivity contribution is 7.89. The fourth-order valence-corrected chi connectivity index (χ4v) is 6.66. The van der Waals surface area contributed by atoms with Gasteiger partial charge in [0.25, 0.3) is 0 Å². The van der Waals surface area contributed by atoms with Crippen molar-refractivity contribution in [2.75, 3.05) is 49.6 Å². The Morgan fingerprint density at radius 1 is 0.882 bits per heavy atom. The van der Waals surface area contributed by atoms with Crippen molar-refractivity contribution in [3.8, 4) is 0 Å². The van der Waals surface area contributed by atoms with Crippen molar-refractivity contribution in [3.05, 3.63) is 53.1 Å². The molecule has 2 fully saturated rings. The smallest absolute Gasteiger partial charge is 0.243 e. The van der Waals surface area contributed by atoms with E-state index >= 15 is 0 Å². The highest BCUT2D eigenvalue weighted by Crippen LogP contribution is 2.33. The summed E-state index contributed by atoms with van der Waals surface area (Å²) in [6.07, 6.45) is 7.08. The molecular weight excluding hydrogens is 450 g/mol. The third-order valence-electron chi connectivity index (χ3n) is 7.07. The van der Waals surface area contributed by atoms with Gasteiger partial charge in [-0.1, -0.05) is 18.2 Å². The number of sulfonamides is 1. The molecule has 0 saturated carbocycles. The molecule has 5 rings (SSSR count). The number of carbonyl (C=O) groups is 1. The van der Waals surface area contributed by atoms with Crippen LogP contribution in [0.5, 0.6) is 0 Å². The van der Waals surface area contributed by atoms with Crippen molar-refractivity contribution in [1.82, 2.24) is 4.31 Å². The van der Waals surface area contributed by atoms with Crippen molar-refractivity contribution < 1.29 is 17.9 Å². The minimum atomic E-state index is -3.65. The van der Waals surface area contributed by atoms with Crippen molar-refractivity contribution >= 4 is 27.3 Å². The molecule has 0 aromatic heterocycles. The number of hydrogen-bond donors (Lipinski definition) is 1. The van der Waals surface area contributed by atoms with Gasteiger partial charge in [0.2, 0.25) is 15.9 Å². The molecule has 0 bridgehead atoms. The molecule has 2 aromatic carbocycles. The number of benzene rings is 2. The average molecular weight is 484 g/mol. The monoisotopic (exact) mass is 483 g/mol. The SMILES string of the molecule is O=C(Cc1ccc2c(c1)CCCC2)Nc1cc(S(=O)(=O)N2CCOCC2)ccc1N1CCCC1. The summed E-state index contributed by atoms with van der Waals surface area (Å²) >= 11 is 0. The van der Waals surface area contributed by atoms with Gasteiger partial charge in [-0.15, -0.1) is 0 Å². The molecule has 0 atom stereocenters. The Bertz CT molecular complexity index is 1150. The molecule has 34 heavy (non-hydrogen) atoms. The first-order valence-corrected chi connectivity index (χ1v) is 13.8. The lowest BCUT2D eigenvalue weighted by Gasteiger charge is -2.27. The molecule has 1 N–H and O–H groups in total. The summed E-state index contributed by atoms with van der Waals surface area (Å²) in [5.41, 5.74) is 5.20. The fraction of sp³-hybridized carbons (Fsp3) is 0.500. The van der Waals surface area contributed by atoms with Crippen LogP contribution in [0.2, 0.25) is 0 Å². The molecule has 0 unspecified atom stereocenters. The number of nitrogens with zero attached hydrogens (tertiary/aromatic N) is 2. The summed E-state index contributed by atoms with van der Waals surface area (Å²) in [5.74, 6) is -0.128. The zero-order valence-electron chi connectivity index (χ0n) is 19.6. The van der Waals surface area contributed by atoms with Crippen LogP contribution in [-0.2, 0) is 38.8 Å². The van der Waals surface area contributed by atoms with E-state index < -0.39 is 10.0 Å². The summed E-state index contributed by atoms with van der Waals surface area (Å²) in [6.45, 7) is 3.30. The molecule has 7 nitrogen and oxygen atoms in total. The first-order valence-electron chi connectivity index (χ1n) is 12.4. The number of hydrogen-bond acceptors (Lipinski definition) is 5. The lowest BCUT2D eigenvalue weighted by Crippen LogP contribution is -2.40. The van der Waals surface area contributed by atoms with Crippen molar-refractivity contribution in [1.29, 1.82) is 0 Å². The van der Waals surface area contributed by atoms with Gasteiger partial charge in [-0.2, -0.15) is 4.31 Å². The van der Waals surface area contributed by atoms with E-state index in [0.29, 0.717) is 32.0 Å². The molecule has 3 aliphatic rings. The quantitative estimate of drug-likeness (QED) is 0.682. The predicted octanol–water partition coefficient (Wildman–Crippen LogP) is 3.37. The van der Waals surface area contributed by atoms with Crippen molar-refractivity contribution in [3.63, 3.8) is 0 Å². The number of morpholine rings is 1. The van der Waals surface area contributed by atoms with Crippen LogP contribution < -0.4 is 10.2 Å². The first kappa shape index (κ1) is 23.3. The maximum atomic E-state index is 13.2. The molecule has 1 aliphatic carbocycles. The lowest BCUT2D eigenvalue weighted by atomic mass is 9.90. The molecule has 2 aliphatic heterocycles. The van der Waals surface area contributed by atoms with Crippen LogP contribution in [-0.4, -0.2) is 58.0 Å². The molecule has 0 spiro atoms. The van der Waals surface area contributed by atoms with Gasteiger partial charge in [0.15, 0.2) is 0 Å². The van der Waals surface area contributed by atoms with Crippen LogP contribution in [0.3, 0.4) is 0 Å². The van der Waals surface area contributed by atoms with E-state index in [0.717, 1.165) is 50.0 Å². The van der Waals surface area contributed by atoms with E-state index in [1.165, 1.54) is 28.3 Å². The Balaban J connectivity index is 1.39. The zero-order chi connectivity index (χ0) is 23.5. The number of aryl methyl sites for hydroxylation is 2. The Hall–Kier alpha value is -2.42. The minimum absolute atomic E-state index is 0.128. The summed E-state index contributed by atoms with van der Waals surface area (Å²) in [5, 5.41) is 3.04. The molecule has 2 aromatic rings. The Morgan fingerprint density at radius 2 is 1.62 bits per heavy atom. The molecule has 8 heteroatoms. The van der Waals surface area contributed by atoms with Gasteiger partial charge in [0, 0.05) is 26.2 Å². The Labute approximate surface area is 202 Å². The van der Waals surface area contributed by atoms with E-state index in [2.05, 4.69) is 22.3 Å². The zero-order valence-corrected chi connectivity index (χ0v) is 20.4. The second-order valence-electron chi connectivity index (χ2n) is 9.42. The normalized spacial score (nSPS) is 19.1. The maximum absolute atomic E-state index is 13.2. The molecule has 2 saturated heterocycles. The summed E-state index contributed by atoms with van der Waals surface area (Å²) < 4.78 is 33.2. The molecule has 0 radical (unpaired) electrons. The standard InChI is InChI=1S/C26H33N3O4S/c30-26(18-20-7-8-21-5-1-2-6-22(21)17-20)27-24-19-23(9-10-25(24)28-11-3-4-12-28)34(31,32)29-13-15-33-16-14-29/h7-10,17,19H,1-6,11-16,18H2,(H,27,30). The fourth-order valence-electron chi connectivity index (χ4n) is 5.22. The maximum Gasteiger partial charge on any atom is 0.243 e. The number of amides is 1. The number of carbonyl (C=O) groups excluding carboxylic acids is 1. The summed E-state index contributed by atoms with van der Waals surface area (Å²) in [4.78, 5) is 15.5. The van der Waals surface area contributed by atoms with Crippen LogP contribution in [0.15, 0.2) is 41.3 Å². The van der Waals surface area contributed by atoms with Crippen LogP contribution in [0.25, 0.3) is 0 Å². The number of rotatable bonds is 6. The van der Waals surface area contributed by atoms with Gasteiger partial charge in [-0.05, 0) is 73.4 Å². The summed E-state index contributed by atoms with van der Waals surface area (Å²) in [7, 11) is -3.65. The van der Waals surface area contributed by atoms with E-state index in [1.807, 2.05) is 12.1 Å². The second kappa shape index (κ2) is 10.1. The number of anilines is 2. The van der Waals surface area contributed by atoms with Gasteiger partial charge in [0.1, 0.15) is 0 Å². The predicted molar refractivity (Wildman–Crippen MR) is 133 cm³/mol. The van der Waals surface area contributed by atoms with E-state index in [4.69, 9.17) is 4.74 Å². The largest absolute Gasteiger partial charge is 0.379 e. The molecule has 182 valence electrons. The van der Waals surface area contributed by atoms with Crippen molar-refractivity contribution in [2.24, 2.45) is 0 Å². The van der Waals surface area contributed by atoms with Gasteiger partial charge in [-0.3, -0.25) is 4.79 Å². The third kappa shape index (κ3) is 4.99. The second-order valence-corrected chi connectivity index (χ2v) is 11.4. The van der Waals surface area contributed by atoms with E-state index in [9.17, 15) is 13.2 Å². The van der Waals surface area contributed by atoms with Crippen LogP contribution in [0.4, 0.5) is 11.4 Å². The van der Waals surface area contributed by atoms with Crippen molar-refractivity contribution in [2.45, 2.75) is 49.8 Å². The number of nitrogens with one attached hydrogen (secondary N) is 1. The molecule has 1 amide bonds. The first-order chi connectivity index (χ1) is 16.5. The van der Waals surface area contributed by atoms with Crippen LogP contribution >= 0.6 is 0 Å². The minimum Gasteiger partial charge on any atom is -0.379 e. The highest BCUT2D eigenvalue weighted by atomic mass is 32.2. The lowest BCUT2D eigenvalue weighted by molar-refractivity contribution is -0.115. The van der Waals surface area contributed by atoms with E-state index in [1.54, 1.807) is 12.1 Å².